The fraction of sp³-hybridized carbons (Fsp3) is 0.368. The number of carbonyl (C=O) groups is 2. The number of rotatable bonds is 5. The lowest BCUT2D eigenvalue weighted by Gasteiger charge is -2.30. The maximum absolute atomic E-state index is 12.7. The lowest BCUT2D eigenvalue weighted by atomic mass is 10.0. The second kappa shape index (κ2) is 9.10. The van der Waals surface area contributed by atoms with E-state index in [0.29, 0.717) is 22.2 Å². The van der Waals surface area contributed by atoms with Crippen LogP contribution in [0.15, 0.2) is 29.2 Å². The highest BCUT2D eigenvalue weighted by atomic mass is 35.5. The molecule has 27 heavy (non-hydrogen) atoms. The molecular weight excluding hydrogens is 402 g/mol. The Balaban J connectivity index is 0.00000261. The summed E-state index contributed by atoms with van der Waals surface area (Å²) in [6.45, 7) is 6.00. The molecule has 0 saturated heterocycles. The second-order valence-electron chi connectivity index (χ2n) is 6.57. The Morgan fingerprint density at radius 3 is 2.70 bits per heavy atom. The van der Waals surface area contributed by atoms with Gasteiger partial charge in [-0.3, -0.25) is 14.5 Å². The number of primary amides is 1. The van der Waals surface area contributed by atoms with E-state index in [-0.39, 0.29) is 18.3 Å². The molecule has 0 fully saturated rings. The quantitative estimate of drug-likeness (QED) is 0.709. The van der Waals surface area contributed by atoms with Crippen molar-refractivity contribution in [1.29, 1.82) is 0 Å². The lowest BCUT2D eigenvalue weighted by molar-refractivity contribution is 0.0999. The van der Waals surface area contributed by atoms with Crippen molar-refractivity contribution in [3.05, 3.63) is 45.8 Å². The SMILES string of the molecule is CSc1cccc(C(=O)Nc2sc3c(c2C(N)=O)CCN(C(C)C)C3)c1.Cl. The van der Waals surface area contributed by atoms with Gasteiger partial charge in [-0.25, -0.2) is 0 Å². The van der Waals surface area contributed by atoms with E-state index in [2.05, 4.69) is 24.1 Å². The zero-order valence-corrected chi connectivity index (χ0v) is 18.0. The topological polar surface area (TPSA) is 75.4 Å². The number of hydrogen-bond acceptors (Lipinski definition) is 5. The minimum atomic E-state index is -0.478. The number of thiophene rings is 1. The van der Waals surface area contributed by atoms with Crippen molar-refractivity contribution >= 4 is 52.3 Å². The molecule has 146 valence electrons. The molecular formula is C19H24ClN3O2S2. The Morgan fingerprint density at radius 2 is 2.07 bits per heavy atom. The van der Waals surface area contributed by atoms with Gasteiger partial charge >= 0.3 is 0 Å². The van der Waals surface area contributed by atoms with Crippen molar-refractivity contribution in [2.75, 3.05) is 18.1 Å². The Bertz CT molecular complexity index is 851. The van der Waals surface area contributed by atoms with Gasteiger partial charge in [-0.1, -0.05) is 6.07 Å². The molecule has 2 aromatic rings. The first kappa shape index (κ1) is 21.8. The number of benzene rings is 1. The molecule has 1 aliphatic heterocycles. The maximum atomic E-state index is 12.7. The normalized spacial score (nSPS) is 13.8. The highest BCUT2D eigenvalue weighted by Crippen LogP contribution is 2.37. The molecule has 1 aromatic carbocycles. The highest BCUT2D eigenvalue weighted by Gasteiger charge is 2.28. The van der Waals surface area contributed by atoms with Crippen LogP contribution in [0.2, 0.25) is 0 Å². The molecule has 1 aliphatic rings. The van der Waals surface area contributed by atoms with Crippen LogP contribution in [0.5, 0.6) is 0 Å². The van der Waals surface area contributed by atoms with Crippen molar-refractivity contribution in [1.82, 2.24) is 4.90 Å². The molecule has 8 heteroatoms. The maximum Gasteiger partial charge on any atom is 0.256 e. The predicted molar refractivity (Wildman–Crippen MR) is 116 cm³/mol. The molecule has 5 nitrogen and oxygen atoms in total. The van der Waals surface area contributed by atoms with Gasteiger partial charge in [0.2, 0.25) is 0 Å². The van der Waals surface area contributed by atoms with Gasteiger partial charge in [0.05, 0.1) is 5.56 Å². The van der Waals surface area contributed by atoms with Crippen molar-refractivity contribution in [3.63, 3.8) is 0 Å². The number of carbonyl (C=O) groups excluding carboxylic acids is 2. The number of anilines is 1. The fourth-order valence-electron chi connectivity index (χ4n) is 3.15. The monoisotopic (exact) mass is 425 g/mol. The number of amides is 2. The average Bonchev–Trinajstić information content (AvgIpc) is 2.98. The Hall–Kier alpha value is -1.54. The summed E-state index contributed by atoms with van der Waals surface area (Å²) in [4.78, 5) is 29.2. The van der Waals surface area contributed by atoms with Gasteiger partial charge in [-0.05, 0) is 50.3 Å². The van der Waals surface area contributed by atoms with Gasteiger partial charge in [-0.2, -0.15) is 0 Å². The zero-order valence-electron chi connectivity index (χ0n) is 15.6. The molecule has 0 bridgehead atoms. The predicted octanol–water partition coefficient (Wildman–Crippen LogP) is 4.01. The molecule has 3 rings (SSSR count). The van der Waals surface area contributed by atoms with E-state index in [0.717, 1.165) is 34.8 Å². The summed E-state index contributed by atoms with van der Waals surface area (Å²) in [6.07, 6.45) is 2.75. The van der Waals surface area contributed by atoms with Crippen molar-refractivity contribution in [2.24, 2.45) is 5.73 Å². The number of nitrogens with two attached hydrogens (primary N) is 1. The van der Waals surface area contributed by atoms with Crippen LogP contribution >= 0.6 is 35.5 Å². The minimum absolute atomic E-state index is 0. The summed E-state index contributed by atoms with van der Waals surface area (Å²) in [6, 6.07) is 7.87. The van der Waals surface area contributed by atoms with Gasteiger partial charge in [0.25, 0.3) is 11.8 Å². The molecule has 1 aromatic heterocycles. The Kier molecular flexibility index (Phi) is 7.33. The first-order valence-electron chi connectivity index (χ1n) is 8.54. The molecule has 0 saturated carbocycles. The summed E-state index contributed by atoms with van der Waals surface area (Å²) < 4.78 is 0. The fourth-order valence-corrected chi connectivity index (χ4v) is 4.89. The summed E-state index contributed by atoms with van der Waals surface area (Å²) in [5.74, 6) is -0.698. The van der Waals surface area contributed by atoms with Gasteiger partial charge < -0.3 is 11.1 Å². The number of fused-ring (bicyclic) bond motifs is 1. The van der Waals surface area contributed by atoms with Crippen LogP contribution in [0.3, 0.4) is 0 Å². The van der Waals surface area contributed by atoms with Crippen LogP contribution in [0.25, 0.3) is 0 Å². The summed E-state index contributed by atoms with van der Waals surface area (Å²) in [5, 5.41) is 3.47. The molecule has 0 unspecified atom stereocenters. The van der Waals surface area contributed by atoms with E-state index in [1.54, 1.807) is 17.8 Å². The molecule has 2 heterocycles. The molecule has 3 N–H and O–H groups in total. The largest absolute Gasteiger partial charge is 0.365 e. The van der Waals surface area contributed by atoms with Crippen LogP contribution in [-0.2, 0) is 13.0 Å². The first-order valence-corrected chi connectivity index (χ1v) is 10.6. The van der Waals surface area contributed by atoms with E-state index in [9.17, 15) is 9.59 Å². The highest BCUT2D eigenvalue weighted by molar-refractivity contribution is 7.98. The van der Waals surface area contributed by atoms with Gasteiger partial charge in [-0.15, -0.1) is 35.5 Å². The third-order valence-corrected chi connectivity index (χ3v) is 6.48. The van der Waals surface area contributed by atoms with Gasteiger partial charge in [0.15, 0.2) is 0 Å². The Labute approximate surface area is 174 Å². The van der Waals surface area contributed by atoms with E-state index in [1.807, 2.05) is 24.5 Å². The molecule has 2 amide bonds. The summed E-state index contributed by atoms with van der Waals surface area (Å²) in [7, 11) is 0. The molecule has 0 aliphatic carbocycles. The van der Waals surface area contributed by atoms with Crippen LogP contribution < -0.4 is 11.1 Å². The van der Waals surface area contributed by atoms with Crippen LogP contribution in [0.1, 0.15) is 45.0 Å². The minimum Gasteiger partial charge on any atom is -0.365 e. The summed E-state index contributed by atoms with van der Waals surface area (Å²) >= 11 is 3.05. The van der Waals surface area contributed by atoms with Crippen LogP contribution in [0, 0.1) is 0 Å². The third kappa shape index (κ3) is 4.66. The Morgan fingerprint density at radius 1 is 1.33 bits per heavy atom. The number of nitrogens with zero attached hydrogens (tertiary/aromatic N) is 1. The lowest BCUT2D eigenvalue weighted by Crippen LogP contribution is -2.35. The third-order valence-electron chi connectivity index (χ3n) is 4.62. The standard InChI is InChI=1S/C19H23N3O2S2.ClH/c1-11(2)22-8-7-14-15(10-22)26-19(16(14)17(20)23)21-18(24)12-5-4-6-13(9-12)25-3;/h4-6,9,11H,7-8,10H2,1-3H3,(H2,20,23)(H,21,24);1H. The van der Waals surface area contributed by atoms with E-state index >= 15 is 0 Å². The number of thioether (sulfide) groups is 1. The zero-order chi connectivity index (χ0) is 18.8. The van der Waals surface area contributed by atoms with E-state index < -0.39 is 5.91 Å². The van der Waals surface area contributed by atoms with Gasteiger partial charge in [0, 0.05) is 34.5 Å². The molecule has 0 radical (unpaired) electrons. The molecule has 0 spiro atoms. The first-order chi connectivity index (χ1) is 12.4. The average molecular weight is 426 g/mol. The second-order valence-corrected chi connectivity index (χ2v) is 8.56. The van der Waals surface area contributed by atoms with Crippen molar-refractivity contribution in [3.8, 4) is 0 Å². The van der Waals surface area contributed by atoms with E-state index in [4.69, 9.17) is 5.73 Å². The number of hydrogen-bond donors (Lipinski definition) is 2. The summed E-state index contributed by atoms with van der Waals surface area (Å²) in [5.41, 5.74) is 7.68. The van der Waals surface area contributed by atoms with Crippen molar-refractivity contribution < 1.29 is 9.59 Å². The number of halogens is 1. The van der Waals surface area contributed by atoms with E-state index in [1.165, 1.54) is 11.3 Å². The van der Waals surface area contributed by atoms with Crippen molar-refractivity contribution in [2.45, 2.75) is 37.8 Å². The number of nitrogens with one attached hydrogen (secondary N) is 1. The van der Waals surface area contributed by atoms with Gasteiger partial charge in [0.1, 0.15) is 5.00 Å². The smallest absolute Gasteiger partial charge is 0.256 e. The van der Waals surface area contributed by atoms with Crippen LogP contribution in [0.4, 0.5) is 5.00 Å². The molecule has 0 atom stereocenters. The van der Waals surface area contributed by atoms with Crippen LogP contribution in [-0.4, -0.2) is 35.6 Å².